The van der Waals surface area contributed by atoms with E-state index in [0.29, 0.717) is 5.82 Å². The van der Waals surface area contributed by atoms with E-state index in [1.165, 1.54) is 35.4 Å². The Kier molecular flexibility index (Phi) is 5.43. The molecule has 144 valence electrons. The highest BCUT2D eigenvalue weighted by Gasteiger charge is 2.34. The molecule has 1 aromatic carbocycles. The highest BCUT2D eigenvalue weighted by molar-refractivity contribution is 6.31. The maximum Gasteiger partial charge on any atom is 0.416 e. The number of pyridine rings is 1. The number of amides is 2. The fourth-order valence-electron chi connectivity index (χ4n) is 2.65. The van der Waals surface area contributed by atoms with Crippen LogP contribution >= 0.6 is 11.6 Å². The number of carbonyl (C=O) groups is 1. The molecule has 10 heteroatoms. The lowest BCUT2D eigenvalue weighted by atomic mass is 10.1. The number of aliphatic hydroxyl groups is 1. The number of urea groups is 1. The molecule has 6 nitrogen and oxygen atoms in total. The van der Waals surface area contributed by atoms with E-state index in [0.717, 1.165) is 6.07 Å². The van der Waals surface area contributed by atoms with Crippen LogP contribution in [0.15, 0.2) is 36.5 Å². The van der Waals surface area contributed by atoms with Crippen molar-refractivity contribution in [2.45, 2.75) is 18.8 Å². The summed E-state index contributed by atoms with van der Waals surface area (Å²) in [6.45, 7) is -0.313. The molecule has 0 bridgehead atoms. The minimum absolute atomic E-state index is 0.0433. The lowest BCUT2D eigenvalue weighted by Gasteiger charge is -2.16. The third-order valence-corrected chi connectivity index (χ3v) is 4.35. The van der Waals surface area contributed by atoms with Gasteiger partial charge in [0.15, 0.2) is 0 Å². The van der Waals surface area contributed by atoms with Crippen molar-refractivity contribution in [2.75, 3.05) is 18.1 Å². The van der Waals surface area contributed by atoms with Gasteiger partial charge in [0.2, 0.25) is 0 Å². The molecule has 1 aliphatic heterocycles. The third kappa shape index (κ3) is 4.25. The van der Waals surface area contributed by atoms with Crippen LogP contribution in [0.3, 0.4) is 0 Å². The second-order valence-electron chi connectivity index (χ2n) is 5.84. The van der Waals surface area contributed by atoms with Crippen LogP contribution in [0.25, 0.3) is 0 Å². The molecule has 0 saturated carbocycles. The Morgan fingerprint density at radius 2 is 2.11 bits per heavy atom. The zero-order chi connectivity index (χ0) is 19.6. The van der Waals surface area contributed by atoms with Gasteiger partial charge in [-0.15, -0.1) is 0 Å². The van der Waals surface area contributed by atoms with Crippen molar-refractivity contribution in [1.29, 1.82) is 0 Å². The molecule has 0 aliphatic carbocycles. The van der Waals surface area contributed by atoms with Gasteiger partial charge in [0.05, 0.1) is 31.0 Å². The maximum atomic E-state index is 13.1. The number of ether oxygens (including phenoxy) is 1. The van der Waals surface area contributed by atoms with E-state index >= 15 is 0 Å². The zero-order valence-corrected chi connectivity index (χ0v) is 14.6. The van der Waals surface area contributed by atoms with Gasteiger partial charge < -0.3 is 15.2 Å². The van der Waals surface area contributed by atoms with E-state index in [4.69, 9.17) is 21.4 Å². The lowest BCUT2D eigenvalue weighted by Crippen LogP contribution is -2.30. The average molecular weight is 402 g/mol. The summed E-state index contributed by atoms with van der Waals surface area (Å²) in [4.78, 5) is 17.3. The summed E-state index contributed by atoms with van der Waals surface area (Å²) in [6, 6.07) is 5.76. The minimum atomic E-state index is -4.54. The molecule has 1 atom stereocenters. The Bertz CT molecular complexity index is 830. The Labute approximate surface area is 157 Å². The van der Waals surface area contributed by atoms with Crippen LogP contribution in [0, 0.1) is 0 Å². The Morgan fingerprint density at radius 3 is 2.70 bits per heavy atom. The van der Waals surface area contributed by atoms with Gasteiger partial charge in [0.1, 0.15) is 18.2 Å². The van der Waals surface area contributed by atoms with Gasteiger partial charge in [-0.3, -0.25) is 4.90 Å². The Hall–Kier alpha value is -2.52. The first-order valence-electron chi connectivity index (χ1n) is 7.92. The molecule has 0 radical (unpaired) electrons. The van der Waals surface area contributed by atoms with Crippen molar-refractivity contribution < 1.29 is 27.8 Å². The van der Waals surface area contributed by atoms with Crippen molar-refractivity contribution >= 4 is 23.4 Å². The number of hydrogen-bond acceptors (Lipinski definition) is 4. The van der Waals surface area contributed by atoms with E-state index < -0.39 is 11.7 Å². The molecule has 0 unspecified atom stereocenters. The number of aromatic nitrogens is 1. The first-order chi connectivity index (χ1) is 12.8. The van der Waals surface area contributed by atoms with E-state index in [2.05, 4.69) is 10.3 Å². The third-order valence-electron chi connectivity index (χ3n) is 4.00. The predicted molar refractivity (Wildman–Crippen MR) is 91.8 cm³/mol. The molecule has 3 rings (SSSR count). The number of aliphatic hydroxyl groups excluding tert-OH is 1. The fraction of sp³-hybridized carbons (Fsp3) is 0.294. The van der Waals surface area contributed by atoms with Gasteiger partial charge in [-0.2, -0.15) is 13.2 Å². The van der Waals surface area contributed by atoms with Gasteiger partial charge in [-0.1, -0.05) is 17.7 Å². The van der Waals surface area contributed by atoms with Crippen LogP contribution in [0.4, 0.5) is 23.8 Å². The highest BCUT2D eigenvalue weighted by atomic mass is 35.5. The Morgan fingerprint density at radius 1 is 1.33 bits per heavy atom. The lowest BCUT2D eigenvalue weighted by molar-refractivity contribution is -0.138. The van der Waals surface area contributed by atoms with Crippen molar-refractivity contribution in [3.63, 3.8) is 0 Å². The first-order valence-corrected chi connectivity index (χ1v) is 8.29. The number of nitrogens with zero attached hydrogens (tertiary/aromatic N) is 2. The number of nitrogens with one attached hydrogen (secondary N) is 1. The molecule has 27 heavy (non-hydrogen) atoms. The summed E-state index contributed by atoms with van der Waals surface area (Å²) in [7, 11) is 0. The van der Waals surface area contributed by atoms with E-state index in [1.807, 2.05) is 0 Å². The smallest absolute Gasteiger partial charge is 0.416 e. The molecule has 2 heterocycles. The highest BCUT2D eigenvalue weighted by Crippen LogP contribution is 2.35. The standard InChI is InChI=1S/C17H15ClF3N3O3/c18-14-3-1-2-13(17(19,20)21)12(14)9-27-11-4-5-15(22-6-11)24-7-10(8-25)23-16(24)26/h1-6,10,25H,7-9H2,(H,23,26)/t10-/m0/s1. The van der Waals surface area contributed by atoms with Crippen LogP contribution in [-0.4, -0.2) is 35.3 Å². The van der Waals surface area contributed by atoms with Crippen LogP contribution in [0.1, 0.15) is 11.1 Å². The van der Waals surface area contributed by atoms with Crippen LogP contribution in [-0.2, 0) is 12.8 Å². The topological polar surface area (TPSA) is 74.7 Å². The maximum absolute atomic E-state index is 13.1. The number of benzene rings is 1. The number of hydrogen-bond donors (Lipinski definition) is 2. The monoisotopic (exact) mass is 401 g/mol. The normalized spacial score (nSPS) is 17.1. The average Bonchev–Trinajstić information content (AvgIpc) is 3.01. The summed E-state index contributed by atoms with van der Waals surface area (Å²) in [5.41, 5.74) is -1.02. The Balaban J connectivity index is 1.71. The van der Waals surface area contributed by atoms with Gasteiger partial charge in [-0.25, -0.2) is 9.78 Å². The fourth-order valence-corrected chi connectivity index (χ4v) is 2.88. The molecule has 1 aliphatic rings. The van der Waals surface area contributed by atoms with Crippen LogP contribution in [0.2, 0.25) is 5.02 Å². The number of halogens is 4. The van der Waals surface area contributed by atoms with Crippen molar-refractivity contribution in [1.82, 2.24) is 10.3 Å². The quantitative estimate of drug-likeness (QED) is 0.806. The summed E-state index contributed by atoms with van der Waals surface area (Å²) in [5.74, 6) is 0.564. The first kappa shape index (κ1) is 19.2. The number of carbonyl (C=O) groups excluding carboxylic acids is 1. The van der Waals surface area contributed by atoms with Gasteiger partial charge >= 0.3 is 12.2 Å². The molecular formula is C17H15ClF3N3O3. The molecule has 2 N–H and O–H groups in total. The molecule has 1 saturated heterocycles. The van der Waals surface area contributed by atoms with Gasteiger partial charge in [0, 0.05) is 10.6 Å². The molecular weight excluding hydrogens is 387 g/mol. The summed E-state index contributed by atoms with van der Waals surface area (Å²) < 4.78 is 44.7. The number of alkyl halides is 3. The molecule has 2 aromatic rings. The number of rotatable bonds is 5. The van der Waals surface area contributed by atoms with Crippen molar-refractivity contribution in [3.05, 3.63) is 52.7 Å². The van der Waals surface area contributed by atoms with Crippen molar-refractivity contribution in [2.24, 2.45) is 0 Å². The molecule has 2 amide bonds. The van der Waals surface area contributed by atoms with E-state index in [-0.39, 0.29) is 48.2 Å². The zero-order valence-electron chi connectivity index (χ0n) is 13.8. The molecule has 1 aromatic heterocycles. The van der Waals surface area contributed by atoms with E-state index in [1.54, 1.807) is 0 Å². The van der Waals surface area contributed by atoms with Gasteiger partial charge in [0.25, 0.3) is 0 Å². The SMILES string of the molecule is O=C1N[C@H](CO)CN1c1ccc(OCc2c(Cl)cccc2C(F)(F)F)cn1. The summed E-state index contributed by atoms with van der Waals surface area (Å²) in [6.07, 6.45) is -3.24. The minimum Gasteiger partial charge on any atom is -0.487 e. The second-order valence-corrected chi connectivity index (χ2v) is 6.25. The summed E-state index contributed by atoms with van der Waals surface area (Å²) in [5, 5.41) is 11.6. The second kappa shape index (κ2) is 7.61. The predicted octanol–water partition coefficient (Wildman–Crippen LogP) is 3.22. The van der Waals surface area contributed by atoms with Crippen molar-refractivity contribution in [3.8, 4) is 5.75 Å². The number of anilines is 1. The van der Waals surface area contributed by atoms with E-state index in [9.17, 15) is 18.0 Å². The molecule has 0 spiro atoms. The van der Waals surface area contributed by atoms with Crippen LogP contribution < -0.4 is 15.0 Å². The van der Waals surface area contributed by atoms with Crippen LogP contribution in [0.5, 0.6) is 5.75 Å². The largest absolute Gasteiger partial charge is 0.487 e. The van der Waals surface area contributed by atoms with Gasteiger partial charge in [-0.05, 0) is 24.3 Å². The molecule has 1 fully saturated rings. The summed E-state index contributed by atoms with van der Waals surface area (Å²) >= 11 is 5.89.